The molecule has 15 heavy (non-hydrogen) atoms. The van der Waals surface area contributed by atoms with E-state index in [1.54, 1.807) is 13.2 Å². The Bertz CT molecular complexity index is 505. The molecule has 2 rings (SSSR count). The van der Waals surface area contributed by atoms with E-state index in [-0.39, 0.29) is 0 Å². The first-order chi connectivity index (χ1) is 7.08. The fraction of sp³-hybridized carbons (Fsp3) is 0.100. The van der Waals surface area contributed by atoms with Crippen molar-refractivity contribution in [3.8, 4) is 11.3 Å². The lowest BCUT2D eigenvalue weighted by molar-refractivity contribution is 0.509. The molecule has 0 aliphatic heterocycles. The number of nitrogens with two attached hydrogens (primary N) is 1. The average Bonchev–Trinajstić information content (AvgIpc) is 2.50. The number of aryl methyl sites for hydroxylation is 1. The molecule has 0 unspecified atom stereocenters. The Morgan fingerprint density at radius 3 is 2.53 bits per heavy atom. The molecule has 0 saturated carbocycles. The van der Waals surface area contributed by atoms with Gasteiger partial charge in [-0.3, -0.25) is 4.68 Å². The topological polar surface area (TPSA) is 43.8 Å². The first-order valence-corrected chi connectivity index (χ1v) is 4.32. The lowest BCUT2D eigenvalue weighted by Crippen LogP contribution is -1.90. The van der Waals surface area contributed by atoms with Gasteiger partial charge in [-0.15, -0.1) is 0 Å². The molecule has 0 bridgehead atoms. The van der Waals surface area contributed by atoms with Crippen LogP contribution >= 0.6 is 0 Å². The Hall–Kier alpha value is -1.91. The SMILES string of the molecule is Cn1cc(N)c(-c2ccc(F)c(F)c2)n1. The van der Waals surface area contributed by atoms with E-state index in [0.717, 1.165) is 12.1 Å². The van der Waals surface area contributed by atoms with Gasteiger partial charge in [0.1, 0.15) is 5.69 Å². The highest BCUT2D eigenvalue weighted by Crippen LogP contribution is 2.24. The molecule has 5 heteroatoms. The number of benzene rings is 1. The summed E-state index contributed by atoms with van der Waals surface area (Å²) in [5, 5.41) is 4.05. The zero-order chi connectivity index (χ0) is 11.0. The van der Waals surface area contributed by atoms with Gasteiger partial charge in [-0.05, 0) is 18.2 Å². The van der Waals surface area contributed by atoms with Crippen LogP contribution in [0.25, 0.3) is 11.3 Å². The highest BCUT2D eigenvalue weighted by atomic mass is 19.2. The molecule has 0 fully saturated rings. The van der Waals surface area contributed by atoms with Gasteiger partial charge >= 0.3 is 0 Å². The van der Waals surface area contributed by atoms with Crippen molar-refractivity contribution in [2.24, 2.45) is 7.05 Å². The van der Waals surface area contributed by atoms with Crippen molar-refractivity contribution in [1.29, 1.82) is 0 Å². The highest BCUT2D eigenvalue weighted by Gasteiger charge is 2.10. The van der Waals surface area contributed by atoms with Crippen LogP contribution in [-0.2, 0) is 7.05 Å². The third-order valence-corrected chi connectivity index (χ3v) is 2.05. The molecular formula is C10H9F2N3. The monoisotopic (exact) mass is 209 g/mol. The molecule has 0 atom stereocenters. The van der Waals surface area contributed by atoms with Crippen LogP contribution in [0.5, 0.6) is 0 Å². The second-order valence-electron chi connectivity index (χ2n) is 3.24. The summed E-state index contributed by atoms with van der Waals surface area (Å²) in [6, 6.07) is 3.57. The largest absolute Gasteiger partial charge is 0.396 e. The van der Waals surface area contributed by atoms with Gasteiger partial charge < -0.3 is 5.73 Å². The lowest BCUT2D eigenvalue weighted by atomic mass is 10.1. The molecule has 0 saturated heterocycles. The minimum atomic E-state index is -0.905. The second-order valence-corrected chi connectivity index (χ2v) is 3.24. The first-order valence-electron chi connectivity index (χ1n) is 4.32. The second kappa shape index (κ2) is 3.34. The van der Waals surface area contributed by atoms with Gasteiger partial charge in [0.25, 0.3) is 0 Å². The summed E-state index contributed by atoms with van der Waals surface area (Å²) in [5.41, 5.74) is 7.02. The predicted molar refractivity (Wildman–Crippen MR) is 53.0 cm³/mol. The molecule has 2 N–H and O–H groups in total. The minimum absolute atomic E-state index is 0.434. The third kappa shape index (κ3) is 1.68. The summed E-state index contributed by atoms with van der Waals surface area (Å²) in [7, 11) is 1.71. The molecule has 0 amide bonds. The van der Waals surface area contributed by atoms with Crippen LogP contribution in [0.2, 0.25) is 0 Å². The van der Waals surface area contributed by atoms with Gasteiger partial charge in [-0.25, -0.2) is 8.78 Å². The summed E-state index contributed by atoms with van der Waals surface area (Å²) in [6.45, 7) is 0. The van der Waals surface area contributed by atoms with Crippen molar-refractivity contribution in [2.75, 3.05) is 5.73 Å². The molecule has 78 valence electrons. The summed E-state index contributed by atoms with van der Waals surface area (Å²) in [6.07, 6.45) is 1.61. The maximum atomic E-state index is 13.0. The molecule has 0 radical (unpaired) electrons. The summed E-state index contributed by atoms with van der Waals surface area (Å²) >= 11 is 0. The maximum Gasteiger partial charge on any atom is 0.159 e. The zero-order valence-electron chi connectivity index (χ0n) is 8.04. The lowest BCUT2D eigenvalue weighted by Gasteiger charge is -1.99. The Morgan fingerprint density at radius 1 is 1.27 bits per heavy atom. The van der Waals surface area contributed by atoms with Crippen molar-refractivity contribution in [3.63, 3.8) is 0 Å². The van der Waals surface area contributed by atoms with Crippen LogP contribution < -0.4 is 5.73 Å². The van der Waals surface area contributed by atoms with E-state index in [4.69, 9.17) is 5.73 Å². The van der Waals surface area contributed by atoms with E-state index < -0.39 is 11.6 Å². The van der Waals surface area contributed by atoms with Crippen LogP contribution in [0.1, 0.15) is 0 Å². The molecule has 0 spiro atoms. The number of nitrogen functional groups attached to an aromatic ring is 1. The number of anilines is 1. The maximum absolute atomic E-state index is 13.0. The fourth-order valence-corrected chi connectivity index (χ4v) is 1.37. The standard InChI is InChI=1S/C10H9F2N3/c1-15-5-9(13)10(14-15)6-2-3-7(11)8(12)4-6/h2-5H,13H2,1H3. The molecule has 1 aromatic carbocycles. The van der Waals surface area contributed by atoms with Gasteiger partial charge in [-0.1, -0.05) is 0 Å². The van der Waals surface area contributed by atoms with Gasteiger partial charge in [0, 0.05) is 18.8 Å². The Balaban J connectivity index is 2.54. The number of hydrogen-bond donors (Lipinski definition) is 1. The third-order valence-electron chi connectivity index (χ3n) is 2.05. The van der Waals surface area contributed by atoms with E-state index in [1.165, 1.54) is 10.7 Å². The van der Waals surface area contributed by atoms with Crippen LogP contribution in [0.3, 0.4) is 0 Å². The van der Waals surface area contributed by atoms with E-state index in [0.29, 0.717) is 16.9 Å². The molecule has 0 aliphatic carbocycles. The summed E-state index contributed by atoms with van der Waals surface area (Å²) < 4.78 is 27.2. The van der Waals surface area contributed by atoms with Gasteiger partial charge in [0.15, 0.2) is 11.6 Å². The van der Waals surface area contributed by atoms with Crippen molar-refractivity contribution >= 4 is 5.69 Å². The Kier molecular flexibility index (Phi) is 2.15. The average molecular weight is 209 g/mol. The van der Waals surface area contributed by atoms with E-state index in [1.807, 2.05) is 0 Å². The van der Waals surface area contributed by atoms with E-state index in [2.05, 4.69) is 5.10 Å². The van der Waals surface area contributed by atoms with Crippen LogP contribution in [0, 0.1) is 11.6 Å². The molecule has 3 nitrogen and oxygen atoms in total. The molecule has 0 aliphatic rings. The normalized spacial score (nSPS) is 10.6. The summed E-state index contributed by atoms with van der Waals surface area (Å²) in [5.74, 6) is -1.79. The molecule has 1 heterocycles. The minimum Gasteiger partial charge on any atom is -0.396 e. The van der Waals surface area contributed by atoms with Gasteiger partial charge in [0.05, 0.1) is 5.69 Å². The van der Waals surface area contributed by atoms with Gasteiger partial charge in [-0.2, -0.15) is 5.10 Å². The van der Waals surface area contributed by atoms with Crippen molar-refractivity contribution in [2.45, 2.75) is 0 Å². The number of rotatable bonds is 1. The van der Waals surface area contributed by atoms with Gasteiger partial charge in [0.2, 0.25) is 0 Å². The highest BCUT2D eigenvalue weighted by molar-refractivity contribution is 5.71. The van der Waals surface area contributed by atoms with Crippen LogP contribution in [0.15, 0.2) is 24.4 Å². The number of nitrogens with zero attached hydrogens (tertiary/aromatic N) is 2. The Morgan fingerprint density at radius 2 is 2.00 bits per heavy atom. The molecular weight excluding hydrogens is 200 g/mol. The number of aromatic nitrogens is 2. The summed E-state index contributed by atoms with van der Waals surface area (Å²) in [4.78, 5) is 0. The number of halogens is 2. The Labute approximate surface area is 85.1 Å². The van der Waals surface area contributed by atoms with E-state index >= 15 is 0 Å². The van der Waals surface area contributed by atoms with E-state index in [9.17, 15) is 8.78 Å². The van der Waals surface area contributed by atoms with Crippen molar-refractivity contribution in [3.05, 3.63) is 36.0 Å². The van der Waals surface area contributed by atoms with Crippen molar-refractivity contribution in [1.82, 2.24) is 9.78 Å². The van der Waals surface area contributed by atoms with Crippen LogP contribution in [-0.4, -0.2) is 9.78 Å². The molecule has 1 aromatic heterocycles. The first kappa shape index (κ1) is 9.64. The quantitative estimate of drug-likeness (QED) is 0.780. The predicted octanol–water partition coefficient (Wildman–Crippen LogP) is 1.95. The van der Waals surface area contributed by atoms with Crippen molar-refractivity contribution < 1.29 is 8.78 Å². The smallest absolute Gasteiger partial charge is 0.159 e. The zero-order valence-corrected chi connectivity index (χ0v) is 8.04. The number of hydrogen-bond acceptors (Lipinski definition) is 2. The fourth-order valence-electron chi connectivity index (χ4n) is 1.37. The molecule has 2 aromatic rings. The van der Waals surface area contributed by atoms with Crippen LogP contribution in [0.4, 0.5) is 14.5 Å².